The molecule has 3 atom stereocenters. The zero-order valence-electron chi connectivity index (χ0n) is 11.0. The molecule has 1 rings (SSSR count). The van der Waals surface area contributed by atoms with Crippen LogP contribution in [0.25, 0.3) is 0 Å². The predicted octanol–water partition coefficient (Wildman–Crippen LogP) is 2.03. The minimum absolute atomic E-state index is 0.0609. The lowest BCUT2D eigenvalue weighted by Gasteiger charge is -2.30. The summed E-state index contributed by atoms with van der Waals surface area (Å²) in [6, 6.07) is 0.393. The highest BCUT2D eigenvalue weighted by Gasteiger charge is 2.22. The highest BCUT2D eigenvalue weighted by atomic mass is 16.3. The Hall–Kier alpha value is -0.770. The fraction of sp³-hybridized carbons (Fsp3) is 0.923. The first-order valence-electron chi connectivity index (χ1n) is 6.81. The third-order valence-electron chi connectivity index (χ3n) is 3.60. The van der Waals surface area contributed by atoms with Gasteiger partial charge < -0.3 is 15.7 Å². The standard InChI is InChI=1S/C13H26N2O2/c1-10-6-3-4-8-12(10)15-13(17)14-11(2)7-5-9-16/h10-12,16H,3-9H2,1-2H3,(H2,14,15,17). The van der Waals surface area contributed by atoms with Crippen LogP contribution >= 0.6 is 0 Å². The van der Waals surface area contributed by atoms with E-state index in [0.717, 1.165) is 19.3 Å². The van der Waals surface area contributed by atoms with Crippen molar-refractivity contribution in [2.75, 3.05) is 6.61 Å². The zero-order chi connectivity index (χ0) is 12.7. The minimum Gasteiger partial charge on any atom is -0.396 e. The van der Waals surface area contributed by atoms with Crippen LogP contribution in [0.15, 0.2) is 0 Å². The van der Waals surface area contributed by atoms with Crippen LogP contribution in [0.3, 0.4) is 0 Å². The molecule has 2 amide bonds. The van der Waals surface area contributed by atoms with Crippen LogP contribution in [-0.4, -0.2) is 29.8 Å². The van der Waals surface area contributed by atoms with Crippen molar-refractivity contribution in [2.45, 2.75) is 64.5 Å². The van der Waals surface area contributed by atoms with Gasteiger partial charge in [-0.3, -0.25) is 0 Å². The van der Waals surface area contributed by atoms with Crippen molar-refractivity contribution >= 4 is 6.03 Å². The highest BCUT2D eigenvalue weighted by molar-refractivity contribution is 5.74. The second-order valence-electron chi connectivity index (χ2n) is 5.25. The Morgan fingerprint density at radius 2 is 2.12 bits per heavy atom. The quantitative estimate of drug-likeness (QED) is 0.690. The number of amides is 2. The largest absolute Gasteiger partial charge is 0.396 e. The van der Waals surface area contributed by atoms with E-state index in [9.17, 15) is 4.79 Å². The van der Waals surface area contributed by atoms with Gasteiger partial charge in [0.1, 0.15) is 0 Å². The molecule has 4 nitrogen and oxygen atoms in total. The molecule has 0 aromatic carbocycles. The van der Waals surface area contributed by atoms with Gasteiger partial charge in [-0.25, -0.2) is 4.79 Å². The van der Waals surface area contributed by atoms with Gasteiger partial charge in [-0.05, 0) is 38.5 Å². The molecule has 1 fully saturated rings. The van der Waals surface area contributed by atoms with Crippen LogP contribution in [0.1, 0.15) is 52.4 Å². The van der Waals surface area contributed by atoms with Crippen molar-refractivity contribution in [1.29, 1.82) is 0 Å². The topological polar surface area (TPSA) is 61.4 Å². The summed E-state index contributed by atoms with van der Waals surface area (Å²) in [5.41, 5.74) is 0. The Labute approximate surface area is 104 Å². The van der Waals surface area contributed by atoms with Gasteiger partial charge >= 0.3 is 6.03 Å². The molecular weight excluding hydrogens is 216 g/mol. The Balaban J connectivity index is 2.23. The molecule has 0 radical (unpaired) electrons. The van der Waals surface area contributed by atoms with Crippen molar-refractivity contribution < 1.29 is 9.90 Å². The van der Waals surface area contributed by atoms with E-state index in [1.807, 2.05) is 6.92 Å². The van der Waals surface area contributed by atoms with Crippen molar-refractivity contribution in [1.82, 2.24) is 10.6 Å². The lowest BCUT2D eigenvalue weighted by Crippen LogP contribution is -2.48. The number of carbonyl (C=O) groups excluding carboxylic acids is 1. The van der Waals surface area contributed by atoms with Gasteiger partial charge in [0, 0.05) is 18.7 Å². The van der Waals surface area contributed by atoms with Gasteiger partial charge in [0.25, 0.3) is 0 Å². The molecule has 0 aromatic rings. The number of carbonyl (C=O) groups is 1. The van der Waals surface area contributed by atoms with Gasteiger partial charge in [0.05, 0.1) is 0 Å². The SMILES string of the molecule is CC(CCCO)NC(=O)NC1CCCCC1C. The third-order valence-corrected chi connectivity index (χ3v) is 3.60. The number of rotatable bonds is 5. The molecule has 17 heavy (non-hydrogen) atoms. The summed E-state index contributed by atoms with van der Waals surface area (Å²) in [7, 11) is 0. The normalized spacial score (nSPS) is 26.3. The molecule has 3 unspecified atom stereocenters. The molecule has 4 heteroatoms. The number of aliphatic hydroxyl groups is 1. The van der Waals surface area contributed by atoms with Gasteiger partial charge in [-0.2, -0.15) is 0 Å². The summed E-state index contributed by atoms with van der Waals surface area (Å²) in [4.78, 5) is 11.7. The van der Waals surface area contributed by atoms with E-state index in [1.54, 1.807) is 0 Å². The van der Waals surface area contributed by atoms with E-state index < -0.39 is 0 Å². The monoisotopic (exact) mass is 242 g/mol. The van der Waals surface area contributed by atoms with Crippen LogP contribution in [0.2, 0.25) is 0 Å². The maximum absolute atomic E-state index is 11.7. The Bertz CT molecular complexity index is 233. The van der Waals surface area contributed by atoms with E-state index in [2.05, 4.69) is 17.6 Å². The first-order valence-corrected chi connectivity index (χ1v) is 6.81. The van der Waals surface area contributed by atoms with Crippen molar-refractivity contribution in [2.24, 2.45) is 5.92 Å². The maximum atomic E-state index is 11.7. The molecule has 0 aromatic heterocycles. The maximum Gasteiger partial charge on any atom is 0.315 e. The van der Waals surface area contributed by atoms with Crippen molar-refractivity contribution in [3.63, 3.8) is 0 Å². The van der Waals surface area contributed by atoms with Gasteiger partial charge in [-0.15, -0.1) is 0 Å². The summed E-state index contributed by atoms with van der Waals surface area (Å²) in [6.07, 6.45) is 6.37. The van der Waals surface area contributed by atoms with Gasteiger partial charge in [0.2, 0.25) is 0 Å². The van der Waals surface area contributed by atoms with Gasteiger partial charge in [0.15, 0.2) is 0 Å². The summed E-state index contributed by atoms with van der Waals surface area (Å²) >= 11 is 0. The van der Waals surface area contributed by atoms with E-state index in [-0.39, 0.29) is 18.7 Å². The lowest BCUT2D eigenvalue weighted by atomic mass is 9.86. The molecule has 0 saturated heterocycles. The van der Waals surface area contributed by atoms with Crippen LogP contribution in [0.4, 0.5) is 4.79 Å². The number of aliphatic hydroxyl groups excluding tert-OH is 1. The minimum atomic E-state index is -0.0609. The van der Waals surface area contributed by atoms with Crippen LogP contribution in [0.5, 0.6) is 0 Å². The van der Waals surface area contributed by atoms with E-state index in [0.29, 0.717) is 12.0 Å². The molecule has 0 spiro atoms. The average molecular weight is 242 g/mol. The summed E-state index contributed by atoms with van der Waals surface area (Å²) in [5, 5.41) is 14.7. The first kappa shape index (κ1) is 14.3. The molecular formula is C13H26N2O2. The first-order chi connectivity index (χ1) is 8.13. The molecule has 100 valence electrons. The number of nitrogens with one attached hydrogen (secondary N) is 2. The Morgan fingerprint density at radius 3 is 2.76 bits per heavy atom. The molecule has 1 aliphatic carbocycles. The Kier molecular flexibility index (Phi) is 6.34. The zero-order valence-corrected chi connectivity index (χ0v) is 11.0. The average Bonchev–Trinajstić information content (AvgIpc) is 2.29. The summed E-state index contributed by atoms with van der Waals surface area (Å²) < 4.78 is 0. The fourth-order valence-corrected chi connectivity index (χ4v) is 2.43. The van der Waals surface area contributed by atoms with Crippen LogP contribution in [0, 0.1) is 5.92 Å². The van der Waals surface area contributed by atoms with Crippen molar-refractivity contribution in [3.05, 3.63) is 0 Å². The molecule has 0 bridgehead atoms. The van der Waals surface area contributed by atoms with Gasteiger partial charge in [-0.1, -0.05) is 19.8 Å². The lowest BCUT2D eigenvalue weighted by molar-refractivity contribution is 0.216. The smallest absolute Gasteiger partial charge is 0.315 e. The highest BCUT2D eigenvalue weighted by Crippen LogP contribution is 2.23. The number of urea groups is 1. The predicted molar refractivity (Wildman–Crippen MR) is 68.9 cm³/mol. The van der Waals surface area contributed by atoms with E-state index in [4.69, 9.17) is 5.11 Å². The molecule has 1 saturated carbocycles. The van der Waals surface area contributed by atoms with E-state index in [1.165, 1.54) is 19.3 Å². The summed E-state index contributed by atoms with van der Waals surface area (Å²) in [6.45, 7) is 4.37. The third kappa shape index (κ3) is 5.39. The second kappa shape index (κ2) is 7.54. The molecule has 1 aliphatic rings. The molecule has 0 heterocycles. The van der Waals surface area contributed by atoms with Crippen molar-refractivity contribution in [3.8, 4) is 0 Å². The Morgan fingerprint density at radius 1 is 1.41 bits per heavy atom. The number of hydrogen-bond donors (Lipinski definition) is 3. The second-order valence-corrected chi connectivity index (χ2v) is 5.25. The molecule has 0 aliphatic heterocycles. The van der Waals surface area contributed by atoms with Crippen LogP contribution < -0.4 is 10.6 Å². The van der Waals surface area contributed by atoms with E-state index >= 15 is 0 Å². The number of hydrogen-bond acceptors (Lipinski definition) is 2. The van der Waals surface area contributed by atoms with Crippen LogP contribution in [-0.2, 0) is 0 Å². The summed E-state index contributed by atoms with van der Waals surface area (Å²) in [5.74, 6) is 0.585. The fourth-order valence-electron chi connectivity index (χ4n) is 2.43. The molecule has 3 N–H and O–H groups in total.